The van der Waals surface area contributed by atoms with E-state index in [2.05, 4.69) is 25.4 Å². The Kier molecular flexibility index (Phi) is 3.35. The highest BCUT2D eigenvalue weighted by molar-refractivity contribution is 8.14. The minimum atomic E-state index is -4.14. The molecule has 0 fully saturated rings. The summed E-state index contributed by atoms with van der Waals surface area (Å²) in [5.74, 6) is 0.0841. The van der Waals surface area contributed by atoms with Gasteiger partial charge in [0.05, 0.1) is 11.0 Å². The van der Waals surface area contributed by atoms with Crippen LogP contribution in [0, 0.1) is 0 Å². The number of nitrogens with zero attached hydrogens (tertiary/aromatic N) is 4. The molecule has 3 aromatic rings. The number of rotatable bonds is 4. The van der Waals surface area contributed by atoms with Crippen molar-refractivity contribution in [1.82, 2.24) is 19.9 Å². The molecule has 0 spiro atoms. The van der Waals surface area contributed by atoms with E-state index in [0.717, 1.165) is 5.52 Å². The van der Waals surface area contributed by atoms with E-state index in [1.807, 2.05) is 18.2 Å². The van der Waals surface area contributed by atoms with Crippen LogP contribution in [0.5, 0.6) is 0 Å². The maximum Gasteiger partial charge on any atom is 0.342 e. The van der Waals surface area contributed by atoms with Crippen LogP contribution in [-0.2, 0) is 9.24 Å². The molecule has 1 aromatic carbocycles. The molecule has 2 aromatic heterocycles. The summed E-state index contributed by atoms with van der Waals surface area (Å²) in [4.78, 5) is 14.8. The lowest BCUT2D eigenvalue weighted by Crippen LogP contribution is -2.34. The largest absolute Gasteiger partial charge is 0.342 e. The van der Waals surface area contributed by atoms with Crippen molar-refractivity contribution in [2.24, 2.45) is 0 Å². The van der Waals surface area contributed by atoms with Crippen LogP contribution in [0.1, 0.15) is 0 Å². The van der Waals surface area contributed by atoms with Gasteiger partial charge in [-0.25, -0.2) is 20.4 Å². The van der Waals surface area contributed by atoms with Gasteiger partial charge in [-0.05, 0) is 18.2 Å². The molecule has 10 heteroatoms. The van der Waals surface area contributed by atoms with Crippen molar-refractivity contribution < 1.29 is 8.42 Å². The van der Waals surface area contributed by atoms with Crippen molar-refractivity contribution in [3.63, 3.8) is 0 Å². The second-order valence-corrected chi connectivity index (χ2v) is 6.33. The topological polar surface area (TPSA) is 104 Å². The number of H-pyrrole nitrogens is 1. The summed E-state index contributed by atoms with van der Waals surface area (Å²) in [6.07, 6.45) is 2.80. The van der Waals surface area contributed by atoms with Gasteiger partial charge < -0.3 is 4.98 Å². The van der Waals surface area contributed by atoms with E-state index in [9.17, 15) is 8.42 Å². The summed E-state index contributed by atoms with van der Waals surface area (Å²) >= 11 is 0. The fourth-order valence-corrected chi connectivity index (χ4v) is 2.47. The number of benzene rings is 1. The van der Waals surface area contributed by atoms with Crippen LogP contribution in [0.4, 0.5) is 11.9 Å². The second kappa shape index (κ2) is 5.19. The Bertz CT molecular complexity index is 834. The zero-order valence-electron chi connectivity index (χ0n) is 10.4. The molecule has 0 atom stereocenters. The molecule has 0 unspecified atom stereocenters. The maximum absolute atomic E-state index is 11.7. The molecular formula is C11H9ClN6O2S. The second-order valence-electron chi connectivity index (χ2n) is 3.97. The van der Waals surface area contributed by atoms with Crippen LogP contribution < -0.4 is 9.84 Å². The first kappa shape index (κ1) is 13.6. The Morgan fingerprint density at radius 1 is 1.14 bits per heavy atom. The Hall–Kier alpha value is -2.39. The molecule has 0 saturated heterocycles. The third-order valence-corrected chi connectivity index (χ3v) is 3.65. The smallest absolute Gasteiger partial charge is 0.323 e. The first-order chi connectivity index (χ1) is 10.0. The summed E-state index contributed by atoms with van der Waals surface area (Å²) in [5.41, 5.74) is 3.98. The molecule has 0 radical (unpaired) electrons. The Morgan fingerprint density at radius 2 is 1.86 bits per heavy atom. The van der Waals surface area contributed by atoms with Gasteiger partial charge in [-0.2, -0.15) is 8.42 Å². The predicted octanol–water partition coefficient (Wildman–Crippen LogP) is 1.67. The number of hydrazine groups is 1. The molecule has 21 heavy (non-hydrogen) atoms. The Morgan fingerprint density at radius 3 is 2.52 bits per heavy atom. The van der Waals surface area contributed by atoms with Gasteiger partial charge in [-0.1, -0.05) is 12.1 Å². The lowest BCUT2D eigenvalue weighted by molar-refractivity contribution is 0.606. The Balaban J connectivity index is 1.99. The quantitative estimate of drug-likeness (QED) is 0.559. The summed E-state index contributed by atoms with van der Waals surface area (Å²) in [6.45, 7) is 0. The predicted molar refractivity (Wildman–Crippen MR) is 79.0 cm³/mol. The van der Waals surface area contributed by atoms with Gasteiger partial charge in [0.15, 0.2) is 0 Å². The minimum Gasteiger partial charge on any atom is -0.323 e. The van der Waals surface area contributed by atoms with Gasteiger partial charge in [0.1, 0.15) is 0 Å². The van der Waals surface area contributed by atoms with E-state index in [4.69, 9.17) is 10.7 Å². The molecule has 0 aliphatic rings. The molecule has 0 aliphatic carbocycles. The number of aromatic nitrogens is 4. The van der Waals surface area contributed by atoms with E-state index in [1.54, 1.807) is 12.1 Å². The molecule has 108 valence electrons. The minimum absolute atomic E-state index is 0.118. The van der Waals surface area contributed by atoms with Crippen LogP contribution in [0.3, 0.4) is 0 Å². The van der Waals surface area contributed by atoms with Crippen LogP contribution in [0.15, 0.2) is 42.7 Å². The zero-order valence-corrected chi connectivity index (χ0v) is 12.0. The van der Waals surface area contributed by atoms with E-state index in [1.165, 1.54) is 12.4 Å². The number of fused-ring (bicyclic) bond motifs is 1. The molecule has 0 aliphatic heterocycles. The number of anilines is 2. The number of para-hydroxylation sites is 2. The average molecular weight is 325 g/mol. The first-order valence-electron chi connectivity index (χ1n) is 5.77. The van der Waals surface area contributed by atoms with Gasteiger partial charge in [-0.15, -0.1) is 4.41 Å². The number of hydrogen-bond donors (Lipinski definition) is 2. The number of halogens is 1. The summed E-state index contributed by atoms with van der Waals surface area (Å²) in [7, 11) is 1.25. The highest BCUT2D eigenvalue weighted by Crippen LogP contribution is 2.18. The third-order valence-electron chi connectivity index (χ3n) is 2.55. The van der Waals surface area contributed by atoms with Crippen LogP contribution in [-0.4, -0.2) is 28.4 Å². The van der Waals surface area contributed by atoms with Gasteiger partial charge in [-0.3, -0.25) is 0 Å². The number of hydrogen-bond acceptors (Lipinski definition) is 6. The van der Waals surface area contributed by atoms with Crippen molar-refractivity contribution >= 4 is 42.8 Å². The van der Waals surface area contributed by atoms with Crippen LogP contribution in [0.2, 0.25) is 0 Å². The molecular weight excluding hydrogens is 316 g/mol. The molecule has 0 bridgehead atoms. The fraction of sp³-hybridized carbons (Fsp3) is 0. The first-order valence-corrected chi connectivity index (χ1v) is 8.04. The van der Waals surface area contributed by atoms with Gasteiger partial charge in [0, 0.05) is 23.1 Å². The summed E-state index contributed by atoms with van der Waals surface area (Å²) in [5, 5.41) is 0. The monoisotopic (exact) mass is 324 g/mol. The van der Waals surface area contributed by atoms with Crippen LogP contribution >= 0.6 is 10.7 Å². The normalized spacial score (nSPS) is 11.5. The zero-order chi connectivity index (χ0) is 14.9. The standard InChI is InChI=1S/C11H9ClN6O2S/c12-21(19,20)18(11-13-6-3-7-14-11)17-10-15-8-4-1-2-5-9(8)16-10/h1-7H,(H2,15,16,17). The van der Waals surface area contributed by atoms with Crippen molar-refractivity contribution in [3.05, 3.63) is 42.7 Å². The molecule has 0 amide bonds. The highest BCUT2D eigenvalue weighted by atomic mass is 35.7. The van der Waals surface area contributed by atoms with Gasteiger partial charge in [0.25, 0.3) is 5.95 Å². The molecule has 2 heterocycles. The van der Waals surface area contributed by atoms with E-state index < -0.39 is 9.24 Å². The molecule has 3 rings (SSSR count). The molecule has 0 saturated carbocycles. The average Bonchev–Trinajstić information content (AvgIpc) is 2.87. The Labute approximate surface area is 124 Å². The van der Waals surface area contributed by atoms with Crippen LogP contribution in [0.25, 0.3) is 11.0 Å². The van der Waals surface area contributed by atoms with Gasteiger partial charge >= 0.3 is 9.24 Å². The van der Waals surface area contributed by atoms with Crippen molar-refractivity contribution in [3.8, 4) is 0 Å². The maximum atomic E-state index is 11.7. The fourth-order valence-electron chi connectivity index (χ4n) is 1.70. The van der Waals surface area contributed by atoms with Crippen molar-refractivity contribution in [1.29, 1.82) is 0 Å². The van der Waals surface area contributed by atoms with Crippen molar-refractivity contribution in [2.45, 2.75) is 0 Å². The number of imidazole rings is 1. The van der Waals surface area contributed by atoms with Crippen molar-refractivity contribution in [2.75, 3.05) is 9.84 Å². The van der Waals surface area contributed by atoms with Gasteiger partial charge in [0.2, 0.25) is 5.95 Å². The lowest BCUT2D eigenvalue weighted by Gasteiger charge is -2.17. The summed E-state index contributed by atoms with van der Waals surface area (Å²) in [6, 6.07) is 8.81. The van der Waals surface area contributed by atoms with E-state index >= 15 is 0 Å². The van der Waals surface area contributed by atoms with E-state index in [0.29, 0.717) is 9.93 Å². The lowest BCUT2D eigenvalue weighted by atomic mass is 10.3. The number of nitrogens with one attached hydrogen (secondary N) is 2. The third kappa shape index (κ3) is 2.88. The van der Waals surface area contributed by atoms with E-state index in [-0.39, 0.29) is 11.9 Å². The molecule has 8 nitrogen and oxygen atoms in total. The summed E-state index contributed by atoms with van der Waals surface area (Å²) < 4.78 is 23.9. The highest BCUT2D eigenvalue weighted by Gasteiger charge is 2.23. The number of aromatic amines is 1. The molecule has 2 N–H and O–H groups in total. The SMILES string of the molecule is O=S(=O)(Cl)N(Nc1nc2ccccc2[nH]1)c1ncccn1.